The van der Waals surface area contributed by atoms with Gasteiger partial charge in [0.05, 0.1) is 10.5 Å². The van der Waals surface area contributed by atoms with E-state index in [1.54, 1.807) is 13.0 Å². The predicted octanol–water partition coefficient (Wildman–Crippen LogP) is 2.27. The second-order valence-corrected chi connectivity index (χ2v) is 2.85. The summed E-state index contributed by atoms with van der Waals surface area (Å²) in [7, 11) is 0. The zero-order valence-electron chi connectivity index (χ0n) is 7.69. The topological polar surface area (TPSA) is 60.2 Å². The van der Waals surface area contributed by atoms with Crippen molar-refractivity contribution < 1.29 is 9.72 Å². The average Bonchev–Trinajstić information content (AvgIpc) is 2.16. The van der Waals surface area contributed by atoms with Gasteiger partial charge in [-0.3, -0.25) is 14.9 Å². The van der Waals surface area contributed by atoms with Crippen LogP contribution in [-0.4, -0.2) is 10.7 Å². The molecule has 14 heavy (non-hydrogen) atoms. The Bertz CT molecular complexity index is 410. The Morgan fingerprint density at radius 2 is 2.21 bits per heavy atom. The van der Waals surface area contributed by atoms with Gasteiger partial charge in [0.2, 0.25) is 0 Å². The first-order chi connectivity index (χ1) is 6.56. The largest absolute Gasteiger partial charge is 0.289 e. The molecule has 0 unspecified atom stereocenters. The first kappa shape index (κ1) is 10.1. The first-order valence-corrected chi connectivity index (χ1v) is 3.98. The van der Waals surface area contributed by atoms with Gasteiger partial charge in [-0.25, -0.2) is 0 Å². The zero-order valence-corrected chi connectivity index (χ0v) is 7.69. The zero-order chi connectivity index (χ0) is 10.7. The lowest BCUT2D eigenvalue weighted by atomic mass is 10.1. The number of nitro benzene ring substituents is 1. The van der Waals surface area contributed by atoms with Crippen LogP contribution in [0.4, 0.5) is 5.69 Å². The average molecular weight is 191 g/mol. The second-order valence-electron chi connectivity index (χ2n) is 2.85. The minimum atomic E-state index is -0.566. The van der Waals surface area contributed by atoms with Crippen molar-refractivity contribution in [3.8, 4) is 0 Å². The standard InChI is InChI=1S/C10H9NO3/c1-3-10(12)8-5-4-7(2)6-9(8)11(13)14/h3-6H,1H2,2H3. The maximum atomic E-state index is 11.2. The highest BCUT2D eigenvalue weighted by Gasteiger charge is 2.17. The molecule has 0 spiro atoms. The minimum absolute atomic E-state index is 0.0793. The molecule has 4 nitrogen and oxygen atoms in total. The van der Waals surface area contributed by atoms with Crippen molar-refractivity contribution in [2.24, 2.45) is 0 Å². The molecule has 1 aromatic rings. The summed E-state index contributed by atoms with van der Waals surface area (Å²) in [5, 5.41) is 10.6. The maximum absolute atomic E-state index is 11.2. The molecule has 72 valence electrons. The van der Waals surface area contributed by atoms with Gasteiger partial charge in [-0.2, -0.15) is 0 Å². The van der Waals surface area contributed by atoms with E-state index < -0.39 is 10.7 Å². The van der Waals surface area contributed by atoms with Gasteiger partial charge < -0.3 is 0 Å². The van der Waals surface area contributed by atoms with Crippen molar-refractivity contribution in [2.75, 3.05) is 0 Å². The highest BCUT2D eigenvalue weighted by molar-refractivity contribution is 6.07. The Morgan fingerprint density at radius 3 is 2.71 bits per heavy atom. The molecule has 0 fully saturated rings. The van der Waals surface area contributed by atoms with Crippen molar-refractivity contribution in [1.29, 1.82) is 0 Å². The van der Waals surface area contributed by atoms with Crippen LogP contribution in [0.5, 0.6) is 0 Å². The third kappa shape index (κ3) is 1.85. The molecule has 0 atom stereocenters. The van der Waals surface area contributed by atoms with Crippen molar-refractivity contribution >= 4 is 11.5 Å². The number of carbonyl (C=O) groups is 1. The molecule has 0 N–H and O–H groups in total. The van der Waals surface area contributed by atoms with E-state index in [2.05, 4.69) is 6.58 Å². The number of benzene rings is 1. The van der Waals surface area contributed by atoms with Crippen molar-refractivity contribution in [3.63, 3.8) is 0 Å². The van der Waals surface area contributed by atoms with Gasteiger partial charge in [-0.1, -0.05) is 12.6 Å². The van der Waals surface area contributed by atoms with Gasteiger partial charge in [0.25, 0.3) is 5.69 Å². The smallest absolute Gasteiger partial charge is 0.280 e. The molecule has 0 heterocycles. The molecule has 1 aromatic carbocycles. The molecular formula is C10H9NO3. The van der Waals surface area contributed by atoms with Gasteiger partial charge in [0, 0.05) is 6.07 Å². The molecule has 0 bridgehead atoms. The lowest BCUT2D eigenvalue weighted by molar-refractivity contribution is -0.385. The number of nitrogens with zero attached hydrogens (tertiary/aromatic N) is 1. The van der Waals surface area contributed by atoms with Gasteiger partial charge >= 0.3 is 0 Å². The molecule has 0 aliphatic rings. The molecule has 0 radical (unpaired) electrons. The van der Waals surface area contributed by atoms with Crippen LogP contribution in [-0.2, 0) is 0 Å². The van der Waals surface area contributed by atoms with Crippen LogP contribution >= 0.6 is 0 Å². The van der Waals surface area contributed by atoms with Crippen LogP contribution in [0.15, 0.2) is 30.9 Å². The molecular weight excluding hydrogens is 182 g/mol. The Hall–Kier alpha value is -1.97. The van der Waals surface area contributed by atoms with E-state index in [4.69, 9.17) is 0 Å². The molecule has 0 saturated carbocycles. The Morgan fingerprint density at radius 1 is 1.57 bits per heavy atom. The highest BCUT2D eigenvalue weighted by atomic mass is 16.6. The summed E-state index contributed by atoms with van der Waals surface area (Å²) in [6.07, 6.45) is 1.07. The Kier molecular flexibility index (Phi) is 2.76. The number of hydrogen-bond donors (Lipinski definition) is 0. The van der Waals surface area contributed by atoms with Crippen LogP contribution in [0, 0.1) is 17.0 Å². The molecule has 0 aromatic heterocycles. The fourth-order valence-corrected chi connectivity index (χ4v) is 1.11. The minimum Gasteiger partial charge on any atom is -0.289 e. The molecule has 0 aliphatic carbocycles. The normalized spacial score (nSPS) is 9.50. The summed E-state index contributed by atoms with van der Waals surface area (Å²) < 4.78 is 0. The molecule has 0 amide bonds. The summed E-state index contributed by atoms with van der Waals surface area (Å²) in [6.45, 7) is 5.02. The number of rotatable bonds is 3. The van der Waals surface area contributed by atoms with E-state index in [1.807, 2.05) is 0 Å². The maximum Gasteiger partial charge on any atom is 0.280 e. The molecule has 0 saturated heterocycles. The van der Waals surface area contributed by atoms with Gasteiger partial charge in [0.1, 0.15) is 0 Å². The number of ketones is 1. The highest BCUT2D eigenvalue weighted by Crippen LogP contribution is 2.20. The van der Waals surface area contributed by atoms with Crippen LogP contribution < -0.4 is 0 Å². The third-order valence-electron chi connectivity index (χ3n) is 1.80. The predicted molar refractivity (Wildman–Crippen MR) is 52.4 cm³/mol. The van der Waals surface area contributed by atoms with Crippen molar-refractivity contribution in [2.45, 2.75) is 6.92 Å². The third-order valence-corrected chi connectivity index (χ3v) is 1.80. The number of aryl methyl sites for hydroxylation is 1. The van der Waals surface area contributed by atoms with E-state index in [9.17, 15) is 14.9 Å². The van der Waals surface area contributed by atoms with Gasteiger partial charge in [-0.15, -0.1) is 0 Å². The van der Waals surface area contributed by atoms with E-state index in [0.29, 0.717) is 0 Å². The first-order valence-electron chi connectivity index (χ1n) is 3.98. The van der Waals surface area contributed by atoms with E-state index in [0.717, 1.165) is 11.6 Å². The SMILES string of the molecule is C=CC(=O)c1ccc(C)cc1[N+](=O)[O-]. The van der Waals surface area contributed by atoms with E-state index >= 15 is 0 Å². The Balaban J connectivity index is 3.35. The van der Waals surface area contributed by atoms with Gasteiger partial charge in [0.15, 0.2) is 5.78 Å². The number of allylic oxidation sites excluding steroid dienone is 1. The van der Waals surface area contributed by atoms with Gasteiger partial charge in [-0.05, 0) is 24.6 Å². The number of hydrogen-bond acceptors (Lipinski definition) is 3. The fourth-order valence-electron chi connectivity index (χ4n) is 1.11. The summed E-state index contributed by atoms with van der Waals surface area (Å²) in [6, 6.07) is 4.47. The summed E-state index contributed by atoms with van der Waals surface area (Å²) in [4.78, 5) is 21.3. The fraction of sp³-hybridized carbons (Fsp3) is 0.100. The van der Waals surface area contributed by atoms with Crippen LogP contribution in [0.1, 0.15) is 15.9 Å². The lowest BCUT2D eigenvalue weighted by Crippen LogP contribution is -2.01. The summed E-state index contributed by atoms with van der Waals surface area (Å²) >= 11 is 0. The second kappa shape index (κ2) is 3.83. The summed E-state index contributed by atoms with van der Waals surface area (Å²) in [5.74, 6) is -0.434. The molecule has 1 rings (SSSR count). The van der Waals surface area contributed by atoms with Crippen LogP contribution in [0.2, 0.25) is 0 Å². The molecule has 4 heteroatoms. The lowest BCUT2D eigenvalue weighted by Gasteiger charge is -1.99. The van der Waals surface area contributed by atoms with Crippen LogP contribution in [0.3, 0.4) is 0 Å². The Labute approximate surface area is 81.0 Å². The number of nitro groups is 1. The molecule has 0 aliphatic heterocycles. The van der Waals surface area contributed by atoms with Crippen molar-refractivity contribution in [1.82, 2.24) is 0 Å². The van der Waals surface area contributed by atoms with E-state index in [1.165, 1.54) is 12.1 Å². The quantitative estimate of drug-likeness (QED) is 0.318. The number of carbonyl (C=O) groups excluding carboxylic acids is 1. The van der Waals surface area contributed by atoms with Crippen LogP contribution in [0.25, 0.3) is 0 Å². The van der Waals surface area contributed by atoms with Crippen molar-refractivity contribution in [3.05, 3.63) is 52.1 Å². The monoisotopic (exact) mass is 191 g/mol. The van der Waals surface area contributed by atoms with E-state index in [-0.39, 0.29) is 11.3 Å². The summed E-state index contributed by atoms with van der Waals surface area (Å²) in [5.41, 5.74) is 0.655.